The van der Waals surface area contributed by atoms with Gasteiger partial charge in [-0.15, -0.1) is 0 Å². The number of rotatable bonds is 3. The fourth-order valence-corrected chi connectivity index (χ4v) is 2.19. The topological polar surface area (TPSA) is 96.1 Å². The Morgan fingerprint density at radius 3 is 2.45 bits per heavy atom. The number of nitrogens with zero attached hydrogens (tertiary/aromatic N) is 2. The van der Waals surface area contributed by atoms with E-state index in [9.17, 15) is 18.3 Å². The number of halogens is 3. The van der Waals surface area contributed by atoms with E-state index in [1.165, 1.54) is 6.07 Å². The summed E-state index contributed by atoms with van der Waals surface area (Å²) in [4.78, 5) is 6.69. The molecule has 0 aromatic carbocycles. The van der Waals surface area contributed by atoms with Gasteiger partial charge in [-0.2, -0.15) is 13.2 Å². The minimum absolute atomic E-state index is 0.00812. The van der Waals surface area contributed by atoms with Gasteiger partial charge in [-0.1, -0.05) is 12.8 Å². The highest BCUT2D eigenvalue weighted by atomic mass is 19.4. The molecule has 2 unspecified atom stereocenters. The fraction of sp³-hybridized carbons (Fsp3) is 0.636. The van der Waals surface area contributed by atoms with Gasteiger partial charge in [0.15, 0.2) is 0 Å². The van der Waals surface area contributed by atoms with Crippen LogP contribution in [-0.4, -0.2) is 27.2 Å². The molecule has 6 nitrogen and oxygen atoms in total. The van der Waals surface area contributed by atoms with Crippen LogP contribution >= 0.6 is 0 Å². The number of aromatic nitrogens is 2. The summed E-state index contributed by atoms with van der Waals surface area (Å²) in [6.07, 6.45) is -2.13. The Hall–Kier alpha value is -1.61. The molecular formula is C11H16F3N5O. The van der Waals surface area contributed by atoms with Gasteiger partial charge in [0, 0.05) is 6.07 Å². The number of aliphatic hydroxyl groups excluding tert-OH is 1. The molecule has 0 radical (unpaired) electrons. The summed E-state index contributed by atoms with van der Waals surface area (Å²) in [5, 5.41) is 12.6. The van der Waals surface area contributed by atoms with Gasteiger partial charge in [-0.25, -0.2) is 15.8 Å². The zero-order valence-corrected chi connectivity index (χ0v) is 10.6. The summed E-state index contributed by atoms with van der Waals surface area (Å²) in [6.45, 7) is 0. The Morgan fingerprint density at radius 2 is 1.85 bits per heavy atom. The summed E-state index contributed by atoms with van der Waals surface area (Å²) in [5.74, 6) is 3.68. The first kappa shape index (κ1) is 14.8. The molecule has 2 rings (SSSR count). The highest BCUT2D eigenvalue weighted by Crippen LogP contribution is 2.29. The van der Waals surface area contributed by atoms with Crippen molar-refractivity contribution in [3.05, 3.63) is 11.9 Å². The molecule has 2 atom stereocenters. The van der Waals surface area contributed by atoms with Crippen LogP contribution in [0.2, 0.25) is 0 Å². The van der Waals surface area contributed by atoms with E-state index in [2.05, 4.69) is 20.7 Å². The monoisotopic (exact) mass is 291 g/mol. The highest BCUT2D eigenvalue weighted by Gasteiger charge is 2.36. The lowest BCUT2D eigenvalue weighted by Gasteiger charge is -2.28. The third-order valence-electron chi connectivity index (χ3n) is 3.19. The molecule has 112 valence electrons. The van der Waals surface area contributed by atoms with E-state index in [1.807, 2.05) is 0 Å². The van der Waals surface area contributed by atoms with Gasteiger partial charge in [0.25, 0.3) is 0 Å². The van der Waals surface area contributed by atoms with Crippen LogP contribution in [0.4, 0.5) is 24.8 Å². The van der Waals surface area contributed by atoms with Crippen LogP contribution in [0, 0.1) is 0 Å². The smallest absolute Gasteiger partial charge is 0.391 e. The number of aliphatic hydroxyl groups is 1. The first-order valence-corrected chi connectivity index (χ1v) is 6.27. The number of nitrogen functional groups attached to an aromatic ring is 1. The molecule has 1 aliphatic carbocycles. The second kappa shape index (κ2) is 5.80. The van der Waals surface area contributed by atoms with Crippen molar-refractivity contribution in [1.29, 1.82) is 0 Å². The first-order valence-electron chi connectivity index (χ1n) is 6.27. The van der Waals surface area contributed by atoms with Crippen LogP contribution in [0.3, 0.4) is 0 Å². The summed E-state index contributed by atoms with van der Waals surface area (Å²) in [6, 6.07) is 0.960. The fourth-order valence-electron chi connectivity index (χ4n) is 2.19. The first-order chi connectivity index (χ1) is 9.40. The number of nitrogens with one attached hydrogen (secondary N) is 2. The van der Waals surface area contributed by atoms with E-state index in [4.69, 9.17) is 5.84 Å². The Morgan fingerprint density at radius 1 is 1.20 bits per heavy atom. The average molecular weight is 291 g/mol. The summed E-state index contributed by atoms with van der Waals surface area (Å²) >= 11 is 0. The van der Waals surface area contributed by atoms with Gasteiger partial charge in [0.2, 0.25) is 5.82 Å². The zero-order valence-electron chi connectivity index (χ0n) is 10.6. The molecule has 1 fully saturated rings. The molecule has 0 saturated heterocycles. The van der Waals surface area contributed by atoms with Crippen molar-refractivity contribution in [3.63, 3.8) is 0 Å². The third-order valence-corrected chi connectivity index (χ3v) is 3.19. The number of hydrazine groups is 1. The van der Waals surface area contributed by atoms with Crippen molar-refractivity contribution in [2.45, 2.75) is 44.0 Å². The van der Waals surface area contributed by atoms with Crippen molar-refractivity contribution in [2.75, 3.05) is 10.7 Å². The Labute approximate surface area is 113 Å². The zero-order chi connectivity index (χ0) is 14.8. The predicted octanol–water partition coefficient (Wildman–Crippen LogP) is 1.50. The minimum Gasteiger partial charge on any atom is -0.391 e. The van der Waals surface area contributed by atoms with E-state index in [0.717, 1.165) is 12.8 Å². The molecular weight excluding hydrogens is 275 g/mol. The number of anilines is 2. The number of alkyl halides is 3. The van der Waals surface area contributed by atoms with E-state index in [-0.39, 0.29) is 17.7 Å². The lowest BCUT2D eigenvalue weighted by atomic mass is 9.92. The Bertz CT molecular complexity index is 468. The third kappa shape index (κ3) is 3.48. The normalized spacial score (nSPS) is 23.4. The largest absolute Gasteiger partial charge is 0.451 e. The van der Waals surface area contributed by atoms with E-state index >= 15 is 0 Å². The molecule has 20 heavy (non-hydrogen) atoms. The molecule has 1 saturated carbocycles. The second-order valence-corrected chi connectivity index (χ2v) is 4.71. The van der Waals surface area contributed by atoms with Gasteiger partial charge < -0.3 is 15.8 Å². The molecule has 1 aliphatic rings. The Balaban J connectivity index is 2.22. The van der Waals surface area contributed by atoms with Crippen LogP contribution in [0.15, 0.2) is 6.07 Å². The predicted molar refractivity (Wildman–Crippen MR) is 66.7 cm³/mol. The molecule has 5 N–H and O–H groups in total. The Kier molecular flexibility index (Phi) is 4.29. The molecule has 0 aliphatic heterocycles. The number of hydrogen-bond donors (Lipinski definition) is 4. The van der Waals surface area contributed by atoms with Crippen molar-refractivity contribution in [3.8, 4) is 0 Å². The number of hydrogen-bond acceptors (Lipinski definition) is 6. The summed E-state index contributed by atoms with van der Waals surface area (Å²) < 4.78 is 38.0. The van der Waals surface area contributed by atoms with Crippen molar-refractivity contribution in [2.24, 2.45) is 5.84 Å². The highest BCUT2D eigenvalue weighted by molar-refractivity contribution is 5.47. The molecule has 0 spiro atoms. The van der Waals surface area contributed by atoms with E-state index in [1.54, 1.807) is 0 Å². The average Bonchev–Trinajstić information content (AvgIpc) is 2.40. The summed E-state index contributed by atoms with van der Waals surface area (Å²) in [5.41, 5.74) is 2.07. The molecule has 9 heteroatoms. The quantitative estimate of drug-likeness (QED) is 0.498. The van der Waals surface area contributed by atoms with Crippen molar-refractivity contribution in [1.82, 2.24) is 9.97 Å². The van der Waals surface area contributed by atoms with Crippen LogP contribution in [0.25, 0.3) is 0 Å². The lowest BCUT2D eigenvalue weighted by molar-refractivity contribution is -0.144. The van der Waals surface area contributed by atoms with E-state index in [0.29, 0.717) is 12.8 Å². The molecule has 0 bridgehead atoms. The summed E-state index contributed by atoms with van der Waals surface area (Å²) in [7, 11) is 0. The molecule has 0 amide bonds. The maximum absolute atomic E-state index is 12.7. The van der Waals surface area contributed by atoms with Gasteiger partial charge >= 0.3 is 6.18 Å². The van der Waals surface area contributed by atoms with Gasteiger partial charge in [0.1, 0.15) is 11.6 Å². The van der Waals surface area contributed by atoms with Crippen LogP contribution < -0.4 is 16.6 Å². The van der Waals surface area contributed by atoms with Crippen LogP contribution in [0.5, 0.6) is 0 Å². The van der Waals surface area contributed by atoms with E-state index < -0.39 is 18.1 Å². The van der Waals surface area contributed by atoms with Gasteiger partial charge in [0.05, 0.1) is 12.1 Å². The standard InChI is InChI=1S/C11H16F3N5O/c12-11(13,14)10-17-8(5-9(18-10)19-15)16-6-3-1-2-4-7(6)20/h5-7,20H,1-4,15H2,(H2,16,17,18,19). The second-order valence-electron chi connectivity index (χ2n) is 4.71. The van der Waals surface area contributed by atoms with Crippen molar-refractivity contribution >= 4 is 11.6 Å². The maximum Gasteiger partial charge on any atom is 0.451 e. The van der Waals surface area contributed by atoms with Crippen LogP contribution in [-0.2, 0) is 6.18 Å². The molecule has 1 heterocycles. The van der Waals surface area contributed by atoms with Crippen LogP contribution in [0.1, 0.15) is 31.5 Å². The SMILES string of the molecule is NNc1cc(NC2CCCCC2O)nc(C(F)(F)F)n1. The van der Waals surface area contributed by atoms with Gasteiger partial charge in [-0.3, -0.25) is 0 Å². The maximum atomic E-state index is 12.7. The number of nitrogens with two attached hydrogens (primary N) is 1. The molecule has 1 aromatic heterocycles. The minimum atomic E-state index is -4.66. The van der Waals surface area contributed by atoms with Gasteiger partial charge in [-0.05, 0) is 12.8 Å². The van der Waals surface area contributed by atoms with Crippen molar-refractivity contribution < 1.29 is 18.3 Å². The lowest BCUT2D eigenvalue weighted by Crippen LogP contribution is -2.36. The molecule has 1 aromatic rings.